The van der Waals surface area contributed by atoms with Crippen LogP contribution in [0.5, 0.6) is 0 Å². The minimum atomic E-state index is 0.166. The molecule has 3 rings (SSSR count). The molecule has 2 unspecified atom stereocenters. The zero-order chi connectivity index (χ0) is 13.9. The van der Waals surface area contributed by atoms with Gasteiger partial charge in [-0.05, 0) is 25.0 Å². The van der Waals surface area contributed by atoms with Gasteiger partial charge in [0.05, 0.1) is 18.8 Å². The van der Waals surface area contributed by atoms with Gasteiger partial charge in [-0.2, -0.15) is 0 Å². The highest BCUT2D eigenvalue weighted by Crippen LogP contribution is 2.33. The van der Waals surface area contributed by atoms with Gasteiger partial charge in [0, 0.05) is 17.8 Å². The molecule has 1 saturated heterocycles. The maximum Gasteiger partial charge on any atom is 0.172 e. The van der Waals surface area contributed by atoms with Crippen molar-refractivity contribution < 1.29 is 9.94 Å². The molecule has 1 aromatic carbocycles. The normalized spacial score (nSPS) is 27.2. The van der Waals surface area contributed by atoms with Crippen molar-refractivity contribution in [2.75, 3.05) is 18.1 Å². The van der Waals surface area contributed by atoms with E-state index in [1.165, 1.54) is 12.8 Å². The van der Waals surface area contributed by atoms with Gasteiger partial charge in [-0.15, -0.1) is 0 Å². The lowest BCUT2D eigenvalue weighted by Gasteiger charge is -2.45. The van der Waals surface area contributed by atoms with Crippen LogP contribution in [0, 0.1) is 0 Å². The monoisotopic (exact) mass is 275 g/mol. The van der Waals surface area contributed by atoms with Crippen molar-refractivity contribution in [3.8, 4) is 0 Å². The molecular weight excluding hydrogens is 254 g/mol. The van der Waals surface area contributed by atoms with Crippen molar-refractivity contribution in [1.82, 2.24) is 0 Å². The Bertz CT molecular complexity index is 502. The van der Waals surface area contributed by atoms with Gasteiger partial charge in [0.15, 0.2) is 5.84 Å². The number of morpholine rings is 1. The fourth-order valence-electron chi connectivity index (χ4n) is 3.39. The average Bonchev–Trinajstić information content (AvgIpc) is 2.53. The molecule has 0 aromatic heterocycles. The van der Waals surface area contributed by atoms with Gasteiger partial charge >= 0.3 is 0 Å². The average molecular weight is 275 g/mol. The highest BCUT2D eigenvalue weighted by atomic mass is 16.5. The molecule has 1 saturated carbocycles. The third kappa shape index (κ3) is 2.33. The summed E-state index contributed by atoms with van der Waals surface area (Å²) in [7, 11) is 0. The lowest BCUT2D eigenvalue weighted by Crippen LogP contribution is -2.53. The lowest BCUT2D eigenvalue weighted by molar-refractivity contribution is -0.00868. The van der Waals surface area contributed by atoms with Crippen LogP contribution in [-0.4, -0.2) is 36.3 Å². The van der Waals surface area contributed by atoms with E-state index in [0.717, 1.165) is 37.2 Å². The summed E-state index contributed by atoms with van der Waals surface area (Å²) in [5.41, 5.74) is 7.65. The number of fused-ring (bicyclic) bond motifs is 1. The number of nitrogens with two attached hydrogens (primary N) is 1. The zero-order valence-electron chi connectivity index (χ0n) is 11.5. The minimum absolute atomic E-state index is 0.166. The van der Waals surface area contributed by atoms with E-state index < -0.39 is 0 Å². The van der Waals surface area contributed by atoms with Crippen molar-refractivity contribution in [2.45, 2.75) is 37.8 Å². The molecular formula is C15H21N3O2. The second kappa shape index (κ2) is 5.71. The van der Waals surface area contributed by atoms with E-state index in [4.69, 9.17) is 15.7 Å². The van der Waals surface area contributed by atoms with Crippen LogP contribution in [0.1, 0.15) is 31.2 Å². The molecule has 0 amide bonds. The molecule has 5 heteroatoms. The van der Waals surface area contributed by atoms with Crippen LogP contribution in [0.4, 0.5) is 5.69 Å². The van der Waals surface area contributed by atoms with Crippen molar-refractivity contribution in [3.05, 3.63) is 29.8 Å². The molecule has 0 bridgehead atoms. The number of hydrogen-bond acceptors (Lipinski definition) is 4. The molecule has 0 radical (unpaired) electrons. The minimum Gasteiger partial charge on any atom is -0.409 e. The summed E-state index contributed by atoms with van der Waals surface area (Å²) in [6, 6.07) is 8.26. The molecule has 1 heterocycles. The van der Waals surface area contributed by atoms with Gasteiger partial charge in [0.2, 0.25) is 0 Å². The van der Waals surface area contributed by atoms with E-state index in [-0.39, 0.29) is 5.84 Å². The molecule has 2 atom stereocenters. The molecule has 5 nitrogen and oxygen atoms in total. The molecule has 3 N–H and O–H groups in total. The number of oxime groups is 1. The van der Waals surface area contributed by atoms with Crippen LogP contribution in [-0.2, 0) is 4.74 Å². The zero-order valence-corrected chi connectivity index (χ0v) is 11.5. The first-order valence-electron chi connectivity index (χ1n) is 7.26. The molecule has 0 spiro atoms. The van der Waals surface area contributed by atoms with E-state index in [1.54, 1.807) is 0 Å². The fraction of sp³-hybridized carbons (Fsp3) is 0.533. The Labute approximate surface area is 119 Å². The highest BCUT2D eigenvalue weighted by Gasteiger charge is 2.35. The Morgan fingerprint density at radius 2 is 2.10 bits per heavy atom. The molecule has 20 heavy (non-hydrogen) atoms. The number of amidine groups is 1. The van der Waals surface area contributed by atoms with E-state index in [9.17, 15) is 0 Å². The molecule has 1 aliphatic carbocycles. The number of anilines is 1. The van der Waals surface area contributed by atoms with Crippen molar-refractivity contribution >= 4 is 11.5 Å². The molecule has 108 valence electrons. The van der Waals surface area contributed by atoms with E-state index in [2.05, 4.69) is 10.1 Å². The van der Waals surface area contributed by atoms with E-state index >= 15 is 0 Å². The summed E-state index contributed by atoms with van der Waals surface area (Å²) in [6.45, 7) is 1.60. The number of nitrogens with zero attached hydrogens (tertiary/aromatic N) is 2. The van der Waals surface area contributed by atoms with Crippen LogP contribution >= 0.6 is 0 Å². The summed E-state index contributed by atoms with van der Waals surface area (Å²) in [5, 5.41) is 12.1. The highest BCUT2D eigenvalue weighted by molar-refractivity contribution is 6.02. The number of benzene rings is 1. The number of rotatable bonds is 2. The number of ether oxygens (including phenoxy) is 1. The van der Waals surface area contributed by atoms with Gasteiger partial charge in [-0.1, -0.05) is 30.1 Å². The Balaban J connectivity index is 1.95. The van der Waals surface area contributed by atoms with E-state index in [0.29, 0.717) is 12.1 Å². The Morgan fingerprint density at radius 3 is 2.95 bits per heavy atom. The third-order valence-electron chi connectivity index (χ3n) is 4.33. The summed E-state index contributed by atoms with van der Waals surface area (Å²) in [6.07, 6.45) is 5.09. The third-order valence-corrected chi connectivity index (χ3v) is 4.33. The van der Waals surface area contributed by atoms with Gasteiger partial charge in [0.1, 0.15) is 0 Å². The summed E-state index contributed by atoms with van der Waals surface area (Å²) in [5.74, 6) is 0.166. The maximum absolute atomic E-state index is 8.96. The number of hydrogen-bond donors (Lipinski definition) is 2. The first-order chi connectivity index (χ1) is 9.81. The van der Waals surface area contributed by atoms with Crippen molar-refractivity contribution in [3.63, 3.8) is 0 Å². The van der Waals surface area contributed by atoms with Crippen LogP contribution < -0.4 is 10.6 Å². The Morgan fingerprint density at radius 1 is 1.30 bits per heavy atom. The Hall–Kier alpha value is -1.75. The molecule has 2 fully saturated rings. The fourth-order valence-corrected chi connectivity index (χ4v) is 3.39. The molecule has 1 aromatic rings. The summed E-state index contributed by atoms with van der Waals surface area (Å²) < 4.78 is 5.91. The van der Waals surface area contributed by atoms with Gasteiger partial charge in [-0.3, -0.25) is 0 Å². The van der Waals surface area contributed by atoms with Crippen molar-refractivity contribution in [1.29, 1.82) is 0 Å². The standard InChI is InChI=1S/C15H21N3O2/c16-15(17-19)11-5-1-2-6-12(11)18-9-10-20-14-8-4-3-7-13(14)18/h1-2,5-6,13-14,19H,3-4,7-10H2,(H2,16,17). The molecule has 1 aliphatic heterocycles. The Kier molecular flexibility index (Phi) is 3.78. The summed E-state index contributed by atoms with van der Waals surface area (Å²) in [4.78, 5) is 2.38. The summed E-state index contributed by atoms with van der Waals surface area (Å²) >= 11 is 0. The second-order valence-electron chi connectivity index (χ2n) is 5.46. The molecule has 2 aliphatic rings. The van der Waals surface area contributed by atoms with E-state index in [1.807, 2.05) is 24.3 Å². The number of para-hydroxylation sites is 1. The maximum atomic E-state index is 8.96. The van der Waals surface area contributed by atoms with Crippen molar-refractivity contribution in [2.24, 2.45) is 10.9 Å². The van der Waals surface area contributed by atoms with Gasteiger partial charge in [0.25, 0.3) is 0 Å². The van der Waals surface area contributed by atoms with Crippen LogP contribution in [0.15, 0.2) is 29.4 Å². The quantitative estimate of drug-likeness (QED) is 0.374. The largest absolute Gasteiger partial charge is 0.409 e. The van der Waals surface area contributed by atoms with Crippen LogP contribution in [0.2, 0.25) is 0 Å². The first kappa shape index (κ1) is 13.2. The first-order valence-corrected chi connectivity index (χ1v) is 7.26. The SMILES string of the molecule is NC(=NO)c1ccccc1N1CCOC2CCCCC21. The lowest BCUT2D eigenvalue weighted by atomic mass is 9.89. The van der Waals surface area contributed by atoms with Gasteiger partial charge in [-0.25, -0.2) is 0 Å². The van der Waals surface area contributed by atoms with Gasteiger partial charge < -0.3 is 20.6 Å². The topological polar surface area (TPSA) is 71.1 Å². The predicted molar refractivity (Wildman–Crippen MR) is 78.3 cm³/mol. The van der Waals surface area contributed by atoms with Crippen LogP contribution in [0.25, 0.3) is 0 Å². The second-order valence-corrected chi connectivity index (χ2v) is 5.46. The predicted octanol–water partition coefficient (Wildman–Crippen LogP) is 1.93. The van der Waals surface area contributed by atoms with Crippen LogP contribution in [0.3, 0.4) is 0 Å². The smallest absolute Gasteiger partial charge is 0.172 e.